The van der Waals surface area contributed by atoms with E-state index >= 15 is 0 Å². The van der Waals surface area contributed by atoms with Crippen molar-refractivity contribution < 1.29 is 14.3 Å². The summed E-state index contributed by atoms with van der Waals surface area (Å²) in [5.74, 6) is 1.40. The van der Waals surface area contributed by atoms with E-state index in [0.717, 1.165) is 17.1 Å². The zero-order valence-electron chi connectivity index (χ0n) is 13.3. The first-order valence-corrected chi connectivity index (χ1v) is 7.07. The molecular weight excluding hydrogens is 278 g/mol. The van der Waals surface area contributed by atoms with Crippen LogP contribution in [0.2, 0.25) is 0 Å². The number of hydrogen-bond donors (Lipinski definition) is 1. The van der Waals surface area contributed by atoms with Crippen LogP contribution in [0.4, 0.5) is 0 Å². The zero-order valence-corrected chi connectivity index (χ0v) is 13.3. The van der Waals surface area contributed by atoms with E-state index in [1.54, 1.807) is 38.5 Å². The number of carbonyl (C=O) groups is 1. The maximum Gasteiger partial charge on any atom is 0.251 e. The third kappa shape index (κ3) is 3.58. The van der Waals surface area contributed by atoms with Crippen LogP contribution in [0.25, 0.3) is 0 Å². The quantitative estimate of drug-likeness (QED) is 0.921. The summed E-state index contributed by atoms with van der Waals surface area (Å²) in [6.45, 7) is 3.94. The first-order chi connectivity index (χ1) is 10.5. The summed E-state index contributed by atoms with van der Waals surface area (Å²) in [7, 11) is 3.23. The summed E-state index contributed by atoms with van der Waals surface area (Å²) in [6, 6.07) is 14.7. The lowest BCUT2D eigenvalue weighted by atomic mass is 9.93. The molecule has 0 spiro atoms. The highest BCUT2D eigenvalue weighted by molar-refractivity contribution is 5.94. The monoisotopic (exact) mass is 299 g/mol. The molecule has 2 rings (SSSR count). The SMILES string of the molecule is COc1ccc(C(=O)NC(C)(C)c2ccc(OC)cc2)cc1. The standard InChI is InChI=1S/C18H21NO3/c1-18(2,14-7-11-16(22-4)12-8-14)19-17(20)13-5-9-15(21-3)10-6-13/h5-12H,1-4H3,(H,19,20). The summed E-state index contributed by atoms with van der Waals surface area (Å²) in [6.07, 6.45) is 0. The van der Waals surface area contributed by atoms with Crippen molar-refractivity contribution in [1.82, 2.24) is 5.32 Å². The maximum atomic E-state index is 12.4. The van der Waals surface area contributed by atoms with Crippen LogP contribution >= 0.6 is 0 Å². The van der Waals surface area contributed by atoms with Gasteiger partial charge in [-0.3, -0.25) is 4.79 Å². The van der Waals surface area contributed by atoms with Crippen molar-refractivity contribution >= 4 is 5.91 Å². The van der Waals surface area contributed by atoms with Crippen LogP contribution in [-0.4, -0.2) is 20.1 Å². The van der Waals surface area contributed by atoms with Gasteiger partial charge in [-0.25, -0.2) is 0 Å². The molecule has 1 N–H and O–H groups in total. The van der Waals surface area contributed by atoms with Gasteiger partial charge >= 0.3 is 0 Å². The Hall–Kier alpha value is -2.49. The number of nitrogens with one attached hydrogen (secondary N) is 1. The zero-order chi connectivity index (χ0) is 16.2. The maximum absolute atomic E-state index is 12.4. The number of carbonyl (C=O) groups excluding carboxylic acids is 1. The lowest BCUT2D eigenvalue weighted by molar-refractivity contribution is 0.0912. The first kappa shape index (κ1) is 15.9. The second-order valence-electron chi connectivity index (χ2n) is 5.54. The van der Waals surface area contributed by atoms with E-state index in [4.69, 9.17) is 9.47 Å². The molecule has 0 radical (unpaired) electrons. The fourth-order valence-electron chi connectivity index (χ4n) is 2.18. The van der Waals surface area contributed by atoms with E-state index < -0.39 is 5.54 Å². The number of methoxy groups -OCH3 is 2. The molecule has 0 fully saturated rings. The Bertz CT molecular complexity index is 630. The Balaban J connectivity index is 2.13. The van der Waals surface area contributed by atoms with Crippen LogP contribution < -0.4 is 14.8 Å². The van der Waals surface area contributed by atoms with Crippen molar-refractivity contribution in [2.45, 2.75) is 19.4 Å². The van der Waals surface area contributed by atoms with Gasteiger partial charge < -0.3 is 14.8 Å². The number of hydrogen-bond acceptors (Lipinski definition) is 3. The third-order valence-electron chi connectivity index (χ3n) is 3.59. The summed E-state index contributed by atoms with van der Waals surface area (Å²) in [5, 5.41) is 3.04. The highest BCUT2D eigenvalue weighted by Gasteiger charge is 2.23. The van der Waals surface area contributed by atoms with Crippen molar-refractivity contribution in [3.63, 3.8) is 0 Å². The average molecular weight is 299 g/mol. The van der Waals surface area contributed by atoms with E-state index in [0.29, 0.717) is 5.56 Å². The van der Waals surface area contributed by atoms with Gasteiger partial charge in [-0.05, 0) is 55.8 Å². The minimum absolute atomic E-state index is 0.122. The molecule has 116 valence electrons. The minimum Gasteiger partial charge on any atom is -0.497 e. The van der Waals surface area contributed by atoms with E-state index in [9.17, 15) is 4.79 Å². The number of amides is 1. The molecule has 2 aromatic carbocycles. The Morgan fingerprint density at radius 3 is 1.77 bits per heavy atom. The average Bonchev–Trinajstić information content (AvgIpc) is 2.54. The van der Waals surface area contributed by atoms with Crippen molar-refractivity contribution in [2.24, 2.45) is 0 Å². The van der Waals surface area contributed by atoms with Gasteiger partial charge in [0.1, 0.15) is 11.5 Å². The molecule has 0 aliphatic carbocycles. The van der Waals surface area contributed by atoms with E-state index in [2.05, 4.69) is 5.32 Å². The highest BCUT2D eigenvalue weighted by Crippen LogP contribution is 2.23. The van der Waals surface area contributed by atoms with E-state index in [-0.39, 0.29) is 5.91 Å². The van der Waals surface area contributed by atoms with Crippen molar-refractivity contribution in [1.29, 1.82) is 0 Å². The number of benzene rings is 2. The molecule has 1 amide bonds. The lowest BCUT2D eigenvalue weighted by Crippen LogP contribution is -2.40. The summed E-state index contributed by atoms with van der Waals surface area (Å²) in [4.78, 5) is 12.4. The molecule has 0 saturated carbocycles. The first-order valence-electron chi connectivity index (χ1n) is 7.07. The van der Waals surface area contributed by atoms with Gasteiger partial charge in [0.25, 0.3) is 5.91 Å². The smallest absolute Gasteiger partial charge is 0.251 e. The van der Waals surface area contributed by atoms with Gasteiger partial charge in [-0.1, -0.05) is 12.1 Å². The number of ether oxygens (including phenoxy) is 2. The van der Waals surface area contributed by atoms with Gasteiger partial charge in [0, 0.05) is 5.56 Å². The molecule has 0 aliphatic rings. The number of rotatable bonds is 5. The van der Waals surface area contributed by atoms with Gasteiger partial charge in [0.2, 0.25) is 0 Å². The van der Waals surface area contributed by atoms with E-state index in [1.807, 2.05) is 38.1 Å². The van der Waals surface area contributed by atoms with Crippen molar-refractivity contribution in [3.8, 4) is 11.5 Å². The van der Waals surface area contributed by atoms with Crippen LogP contribution in [-0.2, 0) is 5.54 Å². The molecule has 4 nitrogen and oxygen atoms in total. The van der Waals surface area contributed by atoms with Crippen LogP contribution in [0.3, 0.4) is 0 Å². The molecule has 0 saturated heterocycles. The van der Waals surface area contributed by atoms with Crippen LogP contribution in [0.5, 0.6) is 11.5 Å². The molecule has 22 heavy (non-hydrogen) atoms. The van der Waals surface area contributed by atoms with E-state index in [1.165, 1.54) is 0 Å². The fourth-order valence-corrected chi connectivity index (χ4v) is 2.18. The molecule has 0 atom stereocenters. The van der Waals surface area contributed by atoms with Gasteiger partial charge in [-0.2, -0.15) is 0 Å². The Morgan fingerprint density at radius 2 is 1.32 bits per heavy atom. The van der Waals surface area contributed by atoms with Crippen LogP contribution in [0, 0.1) is 0 Å². The third-order valence-corrected chi connectivity index (χ3v) is 3.59. The Labute approximate surface area is 131 Å². The lowest BCUT2D eigenvalue weighted by Gasteiger charge is -2.27. The second-order valence-corrected chi connectivity index (χ2v) is 5.54. The summed E-state index contributed by atoms with van der Waals surface area (Å²) >= 11 is 0. The summed E-state index contributed by atoms with van der Waals surface area (Å²) < 4.78 is 10.3. The fraction of sp³-hybridized carbons (Fsp3) is 0.278. The second kappa shape index (κ2) is 6.52. The van der Waals surface area contributed by atoms with Crippen molar-refractivity contribution in [2.75, 3.05) is 14.2 Å². The molecule has 2 aromatic rings. The molecule has 4 heteroatoms. The van der Waals surface area contributed by atoms with Crippen molar-refractivity contribution in [3.05, 3.63) is 59.7 Å². The summed E-state index contributed by atoms with van der Waals surface area (Å²) in [5.41, 5.74) is 1.13. The topological polar surface area (TPSA) is 47.6 Å². The van der Waals surface area contributed by atoms with Gasteiger partial charge in [-0.15, -0.1) is 0 Å². The Morgan fingerprint density at radius 1 is 0.864 bits per heavy atom. The van der Waals surface area contributed by atoms with Gasteiger partial charge in [0.15, 0.2) is 0 Å². The molecule has 0 unspecified atom stereocenters. The molecular formula is C18H21NO3. The van der Waals surface area contributed by atoms with Gasteiger partial charge in [0.05, 0.1) is 19.8 Å². The molecule has 0 heterocycles. The predicted octanol–water partition coefficient (Wildman–Crippen LogP) is 3.37. The molecule has 0 bridgehead atoms. The minimum atomic E-state index is -0.483. The molecule has 0 aliphatic heterocycles. The van der Waals surface area contributed by atoms with Crippen LogP contribution in [0.1, 0.15) is 29.8 Å². The highest BCUT2D eigenvalue weighted by atomic mass is 16.5. The molecule has 0 aromatic heterocycles. The Kier molecular flexibility index (Phi) is 4.71. The predicted molar refractivity (Wildman–Crippen MR) is 86.5 cm³/mol. The largest absolute Gasteiger partial charge is 0.497 e. The van der Waals surface area contributed by atoms with Crippen LogP contribution in [0.15, 0.2) is 48.5 Å². The normalized spacial score (nSPS) is 10.9.